The fraction of sp³-hybridized carbons (Fsp3) is 0.333. The van der Waals surface area contributed by atoms with Crippen molar-refractivity contribution in [1.29, 1.82) is 0 Å². The quantitative estimate of drug-likeness (QED) is 0.111. The zero-order valence-corrected chi connectivity index (χ0v) is 28.3. The smallest absolute Gasteiger partial charge is 0.872 e. The van der Waals surface area contributed by atoms with Crippen LogP contribution in [0.3, 0.4) is 0 Å². The number of thiophene rings is 1. The van der Waals surface area contributed by atoms with Crippen LogP contribution in [-0.4, -0.2) is 15.7 Å². The molecule has 3 nitrogen and oxygen atoms in total. The van der Waals surface area contributed by atoms with Gasteiger partial charge >= 0.3 is 20.1 Å². The number of fused-ring (bicyclic) bond motifs is 3. The zero-order valence-electron chi connectivity index (χ0n) is 30.1. The van der Waals surface area contributed by atoms with E-state index in [0.717, 1.165) is 44.1 Å². The van der Waals surface area contributed by atoms with Crippen molar-refractivity contribution in [3.63, 3.8) is 0 Å². The van der Waals surface area contributed by atoms with Gasteiger partial charge in [-0.15, -0.1) is 52.8 Å². The molecule has 2 fully saturated rings. The summed E-state index contributed by atoms with van der Waals surface area (Å²) in [6.07, 6.45) is 24.9. The van der Waals surface area contributed by atoms with Gasteiger partial charge in [0.1, 0.15) is 4.83 Å². The van der Waals surface area contributed by atoms with E-state index in [4.69, 9.17) is 6.85 Å². The summed E-state index contributed by atoms with van der Waals surface area (Å²) in [7, 11) is 0. The minimum Gasteiger partial charge on any atom is -0.872 e. The second-order valence-corrected chi connectivity index (χ2v) is 12.8. The molecular formula is C39H40IrN3S. The van der Waals surface area contributed by atoms with Gasteiger partial charge in [0, 0.05) is 16.5 Å². The summed E-state index contributed by atoms with van der Waals surface area (Å²) in [6, 6.07) is 8.29. The van der Waals surface area contributed by atoms with Crippen LogP contribution in [0, 0.1) is 38.1 Å². The molecule has 3 aliphatic rings. The van der Waals surface area contributed by atoms with Gasteiger partial charge in [0.05, 0.1) is 2.74 Å². The topological polar surface area (TPSA) is 48.1 Å². The van der Waals surface area contributed by atoms with E-state index in [2.05, 4.69) is 41.2 Å². The van der Waals surface area contributed by atoms with Crippen molar-refractivity contribution in [2.45, 2.75) is 71.6 Å². The molecule has 0 saturated heterocycles. The van der Waals surface area contributed by atoms with Crippen LogP contribution in [0.2, 0.25) is 0 Å². The average molecular weight is 780 g/mol. The number of hydrogen-bond acceptors (Lipinski definition) is 3. The van der Waals surface area contributed by atoms with Crippen LogP contribution in [0.25, 0.3) is 37.0 Å². The van der Waals surface area contributed by atoms with E-state index < -0.39 is 6.85 Å². The van der Waals surface area contributed by atoms with Crippen LogP contribution in [0.5, 0.6) is 0 Å². The molecule has 0 unspecified atom stereocenters. The molecule has 3 aromatic heterocycles. The summed E-state index contributed by atoms with van der Waals surface area (Å²) < 4.78 is 39.5. The summed E-state index contributed by atoms with van der Waals surface area (Å²) in [5.41, 5.74) is 5.82. The normalized spacial score (nSPS) is 19.3. The fourth-order valence-electron chi connectivity index (χ4n) is 6.57. The SMILES string of the molecule is C=C/C(=C\C(=[N-])C1=CC(C2CCCC2)=CC[CH-]1)C1CCCC1.[2H]c1c(C([2H])([2H])[2H])cnc(-c2[c-]cc3c(c2)sc2nccc(C)c23)c1[2H].[Ir+3]. The molecule has 3 aliphatic carbocycles. The van der Waals surface area contributed by atoms with E-state index >= 15 is 0 Å². The van der Waals surface area contributed by atoms with E-state index in [9.17, 15) is 5.41 Å². The van der Waals surface area contributed by atoms with Gasteiger partial charge in [-0.1, -0.05) is 67.8 Å². The van der Waals surface area contributed by atoms with E-state index in [1.54, 1.807) is 17.5 Å². The third-order valence-electron chi connectivity index (χ3n) is 8.91. The van der Waals surface area contributed by atoms with Crippen LogP contribution in [0.15, 0.2) is 90.3 Å². The standard InChI is InChI=1S/C21H27N.C18H13N2S.Ir/c1-2-16(17-8-3-4-9-17)15-21(22)20-13-7-12-19(14-20)18-10-5-6-11-18;1-11-3-6-15(20-10-11)13-4-5-14-16(9-13)21-18-17(14)12(2)7-8-19-18;/h2,12-15,17-18H,1,3-11H2;3,5-10H,1-2H3;/q-2;-1;+3/b16-15+;;/i;1D3,3D,6D;. The zero-order chi connectivity index (χ0) is 34.0. The second kappa shape index (κ2) is 14.8. The van der Waals surface area contributed by atoms with Crippen LogP contribution >= 0.6 is 11.3 Å². The van der Waals surface area contributed by atoms with Crippen LogP contribution in [0.1, 0.15) is 75.8 Å². The van der Waals surface area contributed by atoms with Gasteiger partial charge in [0.25, 0.3) is 0 Å². The Morgan fingerprint density at radius 1 is 1.18 bits per heavy atom. The van der Waals surface area contributed by atoms with Gasteiger partial charge in [-0.05, 0) is 84.3 Å². The Hall–Kier alpha value is -3.11. The molecule has 0 radical (unpaired) electrons. The molecule has 0 amide bonds. The van der Waals surface area contributed by atoms with Crippen molar-refractivity contribution in [2.24, 2.45) is 11.8 Å². The molecule has 226 valence electrons. The first kappa shape index (κ1) is 26.1. The van der Waals surface area contributed by atoms with Crippen molar-refractivity contribution in [3.05, 3.63) is 119 Å². The average Bonchev–Trinajstić information content (AvgIpc) is 3.86. The maximum absolute atomic E-state index is 10.6. The molecule has 0 bridgehead atoms. The Kier molecular flexibility index (Phi) is 8.78. The summed E-state index contributed by atoms with van der Waals surface area (Å²) in [6.45, 7) is 3.53. The Morgan fingerprint density at radius 2 is 1.98 bits per heavy atom. The number of benzene rings is 1. The van der Waals surface area contributed by atoms with Gasteiger partial charge < -0.3 is 10.4 Å². The van der Waals surface area contributed by atoms with Crippen LogP contribution < -0.4 is 0 Å². The number of aromatic nitrogens is 2. The first-order chi connectivity index (χ1) is 23.0. The van der Waals surface area contributed by atoms with E-state index in [1.165, 1.54) is 62.5 Å². The predicted molar refractivity (Wildman–Crippen MR) is 184 cm³/mol. The van der Waals surface area contributed by atoms with E-state index in [1.807, 2.05) is 37.3 Å². The molecule has 5 heteroatoms. The number of pyridine rings is 2. The van der Waals surface area contributed by atoms with Crippen LogP contribution in [0.4, 0.5) is 0 Å². The van der Waals surface area contributed by atoms with Crippen molar-refractivity contribution in [2.75, 3.05) is 0 Å². The van der Waals surface area contributed by atoms with Gasteiger partial charge in [0.2, 0.25) is 0 Å². The van der Waals surface area contributed by atoms with Crippen molar-refractivity contribution in [3.8, 4) is 11.3 Å². The largest absolute Gasteiger partial charge is 3.00 e. The van der Waals surface area contributed by atoms with Crippen LogP contribution in [-0.2, 0) is 20.1 Å². The molecule has 4 aromatic rings. The molecule has 2 saturated carbocycles. The number of hydrogen-bond donors (Lipinski definition) is 0. The van der Waals surface area contributed by atoms with Crippen molar-refractivity contribution >= 4 is 37.4 Å². The molecule has 0 spiro atoms. The Morgan fingerprint density at radius 3 is 2.75 bits per heavy atom. The molecule has 3 heterocycles. The molecule has 44 heavy (non-hydrogen) atoms. The maximum Gasteiger partial charge on any atom is 3.00 e. The van der Waals surface area contributed by atoms with E-state index in [-0.39, 0.29) is 43.4 Å². The summed E-state index contributed by atoms with van der Waals surface area (Å²) in [5.74, 6) is 1.31. The number of allylic oxidation sites excluding steroid dienone is 7. The summed E-state index contributed by atoms with van der Waals surface area (Å²) in [4.78, 5) is 9.49. The molecule has 0 atom stereocenters. The number of rotatable bonds is 6. The Balaban J connectivity index is 0.000000190. The maximum atomic E-state index is 10.6. The molecular weight excluding hydrogens is 735 g/mol. The minimum absolute atomic E-state index is 0. The Labute approximate surface area is 287 Å². The fourth-order valence-corrected chi connectivity index (χ4v) is 7.72. The Bertz CT molecular complexity index is 1960. The predicted octanol–water partition coefficient (Wildman–Crippen LogP) is 10.9. The molecule has 0 N–H and O–H groups in total. The second-order valence-electron chi connectivity index (χ2n) is 11.7. The number of aryl methyl sites for hydroxylation is 2. The van der Waals surface area contributed by atoms with Gasteiger partial charge in [0.15, 0.2) is 0 Å². The summed E-state index contributed by atoms with van der Waals surface area (Å²) in [5, 5.41) is 12.7. The third kappa shape index (κ3) is 7.23. The summed E-state index contributed by atoms with van der Waals surface area (Å²) >= 11 is 1.55. The first-order valence-corrected chi connectivity index (χ1v) is 16.2. The minimum atomic E-state index is -2.46. The van der Waals surface area contributed by atoms with Crippen molar-refractivity contribution < 1.29 is 27.0 Å². The first-order valence-electron chi connectivity index (χ1n) is 17.9. The molecule has 7 rings (SSSR count). The monoisotopic (exact) mass is 780 g/mol. The number of nitrogens with zero attached hydrogens (tertiary/aromatic N) is 3. The van der Waals surface area contributed by atoms with Crippen molar-refractivity contribution in [1.82, 2.24) is 9.97 Å². The molecule has 1 aromatic carbocycles. The third-order valence-corrected chi connectivity index (χ3v) is 9.97. The van der Waals surface area contributed by atoms with E-state index in [0.29, 0.717) is 23.1 Å². The van der Waals surface area contributed by atoms with Gasteiger partial charge in [-0.25, -0.2) is 10.6 Å². The van der Waals surface area contributed by atoms with Gasteiger partial charge in [-0.3, -0.25) is 5.71 Å². The van der Waals surface area contributed by atoms with Gasteiger partial charge in [-0.2, -0.15) is 12.5 Å². The molecule has 0 aliphatic heterocycles.